The van der Waals surface area contributed by atoms with E-state index in [1.807, 2.05) is 13.0 Å². The van der Waals surface area contributed by atoms with E-state index in [0.29, 0.717) is 9.99 Å². The van der Waals surface area contributed by atoms with E-state index in [4.69, 9.17) is 4.11 Å². The number of nitrogens with zero attached hydrogens (tertiary/aromatic N) is 2. The van der Waals surface area contributed by atoms with Gasteiger partial charge in [0.05, 0.1) is 0 Å². The maximum absolute atomic E-state index is 12.4. The van der Waals surface area contributed by atoms with Gasteiger partial charge < -0.3 is 4.90 Å². The second-order valence-corrected chi connectivity index (χ2v) is 6.07. The van der Waals surface area contributed by atoms with Crippen molar-refractivity contribution in [3.63, 3.8) is 0 Å². The Morgan fingerprint density at radius 3 is 2.89 bits per heavy atom. The summed E-state index contributed by atoms with van der Waals surface area (Å²) in [5.74, 6) is -0.513. The maximum atomic E-state index is 12.4. The van der Waals surface area contributed by atoms with Crippen molar-refractivity contribution >= 4 is 21.8 Å². The van der Waals surface area contributed by atoms with E-state index < -0.39 is 35.7 Å². The summed E-state index contributed by atoms with van der Waals surface area (Å²) in [5, 5.41) is 0. The molecule has 0 aliphatic carbocycles. The van der Waals surface area contributed by atoms with Crippen molar-refractivity contribution in [1.82, 2.24) is 9.03 Å². The SMILES string of the molecule is [2H]C([2H])([2H])N1C[C@@H](C(=O)N(C)c2cccc(C)c2)NS1(=O)=O. The number of benzene rings is 1. The number of amides is 1. The minimum absolute atomic E-state index is 0.326. The normalized spacial score (nSPS) is 25.4. The molecule has 19 heavy (non-hydrogen) atoms. The molecule has 1 N–H and O–H groups in total. The molecule has 1 aliphatic rings. The predicted octanol–water partition coefficient (Wildman–Crippen LogP) is 0.106. The lowest BCUT2D eigenvalue weighted by atomic mass is 10.2. The highest BCUT2D eigenvalue weighted by Crippen LogP contribution is 2.17. The highest BCUT2D eigenvalue weighted by Gasteiger charge is 2.38. The van der Waals surface area contributed by atoms with Crippen molar-refractivity contribution in [2.75, 3.05) is 25.5 Å². The van der Waals surface area contributed by atoms with Gasteiger partial charge in [0.2, 0.25) is 5.91 Å². The Morgan fingerprint density at radius 1 is 1.58 bits per heavy atom. The van der Waals surface area contributed by atoms with Crippen LogP contribution < -0.4 is 9.62 Å². The lowest BCUT2D eigenvalue weighted by molar-refractivity contribution is -0.119. The number of carbonyl (C=O) groups is 1. The fraction of sp³-hybridized carbons (Fsp3) is 0.417. The van der Waals surface area contributed by atoms with Crippen LogP contribution in [-0.4, -0.2) is 45.2 Å². The number of anilines is 1. The average Bonchev–Trinajstić information content (AvgIpc) is 2.72. The zero-order valence-corrected chi connectivity index (χ0v) is 11.4. The highest BCUT2D eigenvalue weighted by atomic mass is 32.2. The lowest BCUT2D eigenvalue weighted by Crippen LogP contribution is -2.44. The third kappa shape index (κ3) is 2.78. The average molecular weight is 286 g/mol. The van der Waals surface area contributed by atoms with Gasteiger partial charge in [-0.1, -0.05) is 12.1 Å². The first-order valence-electron chi connectivity index (χ1n) is 7.17. The van der Waals surface area contributed by atoms with E-state index in [1.165, 1.54) is 11.9 Å². The first kappa shape index (κ1) is 10.4. The van der Waals surface area contributed by atoms with Crippen LogP contribution in [0.25, 0.3) is 0 Å². The zero-order valence-electron chi connectivity index (χ0n) is 13.6. The molecule has 0 unspecified atom stereocenters. The number of aryl methyl sites for hydroxylation is 1. The van der Waals surface area contributed by atoms with Gasteiger partial charge in [-0.2, -0.15) is 17.4 Å². The van der Waals surface area contributed by atoms with Crippen LogP contribution >= 0.6 is 0 Å². The van der Waals surface area contributed by atoms with Crippen LogP contribution in [0.2, 0.25) is 0 Å². The molecule has 1 aromatic rings. The highest BCUT2D eigenvalue weighted by molar-refractivity contribution is 7.87. The summed E-state index contributed by atoms with van der Waals surface area (Å²) in [6.45, 7) is -1.37. The van der Waals surface area contributed by atoms with Crippen molar-refractivity contribution in [3.05, 3.63) is 29.8 Å². The molecule has 1 fully saturated rings. The van der Waals surface area contributed by atoms with E-state index in [9.17, 15) is 13.2 Å². The number of hydrogen-bond acceptors (Lipinski definition) is 3. The van der Waals surface area contributed by atoms with Gasteiger partial charge in [-0.3, -0.25) is 4.79 Å². The first-order valence-corrected chi connectivity index (χ1v) is 7.11. The van der Waals surface area contributed by atoms with Gasteiger partial charge in [-0.15, -0.1) is 0 Å². The van der Waals surface area contributed by atoms with Gasteiger partial charge >= 0.3 is 0 Å². The van der Waals surface area contributed by atoms with Gasteiger partial charge in [0.15, 0.2) is 0 Å². The minimum atomic E-state index is -4.19. The fourth-order valence-electron chi connectivity index (χ4n) is 1.87. The Morgan fingerprint density at radius 2 is 2.32 bits per heavy atom. The number of nitrogens with one attached hydrogen (secondary N) is 1. The maximum Gasteiger partial charge on any atom is 0.280 e. The second kappa shape index (κ2) is 4.92. The van der Waals surface area contributed by atoms with E-state index in [1.54, 1.807) is 18.2 Å². The largest absolute Gasteiger partial charge is 0.314 e. The van der Waals surface area contributed by atoms with Crippen molar-refractivity contribution in [1.29, 1.82) is 0 Å². The molecule has 7 heteroatoms. The molecule has 104 valence electrons. The molecule has 0 saturated carbocycles. The van der Waals surface area contributed by atoms with E-state index in [2.05, 4.69) is 4.72 Å². The molecule has 1 aromatic carbocycles. The Hall–Kier alpha value is -1.44. The Labute approximate surface area is 117 Å². The topological polar surface area (TPSA) is 69.7 Å². The fourth-order valence-corrected chi connectivity index (χ4v) is 2.88. The number of hydrogen-bond donors (Lipinski definition) is 1. The minimum Gasteiger partial charge on any atom is -0.314 e. The van der Waals surface area contributed by atoms with Crippen LogP contribution in [0.3, 0.4) is 0 Å². The zero-order chi connectivity index (χ0) is 16.7. The predicted molar refractivity (Wildman–Crippen MR) is 73.1 cm³/mol. The number of likely N-dealkylation sites (N-methyl/N-ethyl adjacent to an activating group) is 2. The van der Waals surface area contributed by atoms with E-state index in [0.717, 1.165) is 5.56 Å². The van der Waals surface area contributed by atoms with Gasteiger partial charge in [0, 0.05) is 30.4 Å². The molecule has 0 bridgehead atoms. The smallest absolute Gasteiger partial charge is 0.280 e. The molecular weight excluding hydrogens is 266 g/mol. The van der Waals surface area contributed by atoms with Gasteiger partial charge in [-0.05, 0) is 24.6 Å². The Kier molecular flexibility index (Phi) is 2.68. The Balaban J connectivity index is 2.21. The van der Waals surface area contributed by atoms with E-state index in [-0.39, 0.29) is 0 Å². The van der Waals surface area contributed by atoms with Crippen molar-refractivity contribution in [2.24, 2.45) is 0 Å². The second-order valence-electron chi connectivity index (χ2n) is 4.44. The van der Waals surface area contributed by atoms with Gasteiger partial charge in [0.1, 0.15) is 6.04 Å². The third-order valence-corrected chi connectivity index (χ3v) is 4.26. The summed E-state index contributed by atoms with van der Waals surface area (Å²) >= 11 is 0. The first-order chi connectivity index (χ1) is 10.0. The van der Waals surface area contributed by atoms with Crippen LogP contribution in [0.15, 0.2) is 24.3 Å². The van der Waals surface area contributed by atoms with Crippen molar-refractivity contribution in [3.8, 4) is 0 Å². The van der Waals surface area contributed by atoms with Crippen LogP contribution in [0.1, 0.15) is 9.68 Å². The Bertz CT molecular complexity index is 690. The molecule has 1 aliphatic heterocycles. The summed E-state index contributed by atoms with van der Waals surface area (Å²) in [4.78, 5) is 13.7. The van der Waals surface area contributed by atoms with Crippen LogP contribution in [0, 0.1) is 6.92 Å². The molecule has 6 nitrogen and oxygen atoms in total. The summed E-state index contributed by atoms with van der Waals surface area (Å²) in [6, 6.07) is 6.02. The summed E-state index contributed by atoms with van der Waals surface area (Å²) in [5.41, 5.74) is 1.56. The van der Waals surface area contributed by atoms with Crippen LogP contribution in [-0.2, 0) is 15.0 Å². The van der Waals surface area contributed by atoms with Crippen molar-refractivity contribution < 1.29 is 17.3 Å². The molecule has 0 aromatic heterocycles. The van der Waals surface area contributed by atoms with E-state index >= 15 is 0 Å². The number of carbonyl (C=O) groups excluding carboxylic acids is 1. The quantitative estimate of drug-likeness (QED) is 0.838. The molecule has 2 rings (SSSR count). The molecule has 0 radical (unpaired) electrons. The van der Waals surface area contributed by atoms with Crippen LogP contribution in [0.4, 0.5) is 5.69 Å². The summed E-state index contributed by atoms with van der Waals surface area (Å²) < 4.78 is 47.8. The molecule has 1 atom stereocenters. The third-order valence-electron chi connectivity index (χ3n) is 2.95. The standard InChI is InChI=1S/C12H17N3O3S/c1-9-5-4-6-10(7-9)15(3)12(16)11-8-14(2)19(17,18)13-11/h4-7,11,13H,8H2,1-3H3/t11-/m0/s1/i2D3. The van der Waals surface area contributed by atoms with Crippen LogP contribution in [0.5, 0.6) is 0 Å². The lowest BCUT2D eigenvalue weighted by Gasteiger charge is -2.20. The van der Waals surface area contributed by atoms with Crippen molar-refractivity contribution in [2.45, 2.75) is 13.0 Å². The number of rotatable bonds is 2. The molecule has 1 saturated heterocycles. The molecular formula is C12H17N3O3S. The van der Waals surface area contributed by atoms with Gasteiger partial charge in [-0.25, -0.2) is 0 Å². The molecule has 1 heterocycles. The molecule has 1 amide bonds. The summed E-state index contributed by atoms with van der Waals surface area (Å²) in [7, 11) is -2.67. The molecule has 0 spiro atoms. The van der Waals surface area contributed by atoms with Gasteiger partial charge in [0.25, 0.3) is 10.2 Å². The summed E-state index contributed by atoms with van der Waals surface area (Å²) in [6.07, 6.45) is 0. The monoisotopic (exact) mass is 286 g/mol.